The van der Waals surface area contributed by atoms with Gasteiger partial charge in [0.25, 0.3) is 0 Å². The third-order valence-electron chi connectivity index (χ3n) is 3.32. The van der Waals surface area contributed by atoms with Gasteiger partial charge in [0.15, 0.2) is 8.32 Å². The van der Waals surface area contributed by atoms with E-state index in [0.717, 1.165) is 6.61 Å². The molecule has 1 atom stereocenters. The Kier molecular flexibility index (Phi) is 5.38. The van der Waals surface area contributed by atoms with Gasteiger partial charge in [0.05, 0.1) is 0 Å². The van der Waals surface area contributed by atoms with Crippen molar-refractivity contribution in [2.75, 3.05) is 6.61 Å². The molecule has 0 saturated carbocycles. The van der Waals surface area contributed by atoms with Crippen LogP contribution in [0.2, 0.25) is 18.1 Å². The fourth-order valence-electron chi connectivity index (χ4n) is 1.14. The van der Waals surface area contributed by atoms with Gasteiger partial charge in [-0.3, -0.25) is 0 Å². The summed E-state index contributed by atoms with van der Waals surface area (Å²) in [5, 5.41) is 0.346. The second-order valence-corrected chi connectivity index (χ2v) is 10.8. The molecule has 0 fully saturated rings. The van der Waals surface area contributed by atoms with Gasteiger partial charge >= 0.3 is 0 Å². The first-order valence-corrected chi connectivity index (χ1v) is 8.75. The molecule has 1 unspecified atom stereocenters. The lowest BCUT2D eigenvalue weighted by atomic mass is 10.1. The van der Waals surface area contributed by atoms with Gasteiger partial charge in [0.1, 0.15) is 0 Å². The smallest absolute Gasteiger partial charge is 0.191 e. The number of rotatable bonds is 5. The monoisotopic (exact) mass is 216 g/mol. The summed E-state index contributed by atoms with van der Waals surface area (Å²) < 4.78 is 6.15. The average molecular weight is 216 g/mol. The summed E-state index contributed by atoms with van der Waals surface area (Å²) in [5.41, 5.74) is 0. The van der Waals surface area contributed by atoms with Crippen molar-refractivity contribution in [2.45, 2.75) is 65.6 Å². The zero-order chi connectivity index (χ0) is 11.4. The molecule has 0 radical (unpaired) electrons. The molecule has 1 nitrogen and oxygen atoms in total. The highest BCUT2D eigenvalue weighted by atomic mass is 28.4. The van der Waals surface area contributed by atoms with E-state index in [4.69, 9.17) is 4.43 Å². The van der Waals surface area contributed by atoms with E-state index in [0.29, 0.717) is 11.0 Å². The van der Waals surface area contributed by atoms with Crippen molar-refractivity contribution < 1.29 is 4.43 Å². The normalized spacial score (nSPS) is 15.6. The lowest BCUT2D eigenvalue weighted by Crippen LogP contribution is -2.41. The Balaban J connectivity index is 3.99. The Hall–Kier alpha value is 0.177. The first kappa shape index (κ1) is 14.2. The predicted octanol–water partition coefficient (Wildman–Crippen LogP) is 4.44. The largest absolute Gasteiger partial charge is 0.417 e. The van der Waals surface area contributed by atoms with Crippen LogP contribution in [0.3, 0.4) is 0 Å². The van der Waals surface area contributed by atoms with E-state index in [-0.39, 0.29) is 0 Å². The van der Waals surface area contributed by atoms with Crippen molar-refractivity contribution in [3.8, 4) is 0 Å². The molecule has 0 saturated heterocycles. The summed E-state index contributed by atoms with van der Waals surface area (Å²) in [6.45, 7) is 17.0. The van der Waals surface area contributed by atoms with Crippen LogP contribution in [0.1, 0.15) is 47.5 Å². The molecule has 0 aliphatic carbocycles. The van der Waals surface area contributed by atoms with E-state index in [1.165, 1.54) is 12.8 Å². The first-order chi connectivity index (χ1) is 6.20. The van der Waals surface area contributed by atoms with Gasteiger partial charge in [-0.1, -0.05) is 41.0 Å². The van der Waals surface area contributed by atoms with Gasteiger partial charge in [0.2, 0.25) is 0 Å². The van der Waals surface area contributed by atoms with E-state index in [2.05, 4.69) is 47.7 Å². The average Bonchev–Trinajstić information content (AvgIpc) is 1.99. The van der Waals surface area contributed by atoms with Gasteiger partial charge in [-0.05, 0) is 30.5 Å². The summed E-state index contributed by atoms with van der Waals surface area (Å²) in [6.07, 6.45) is 2.55. The molecule has 0 rings (SSSR count). The van der Waals surface area contributed by atoms with Crippen LogP contribution < -0.4 is 0 Å². The molecule has 0 amide bonds. The topological polar surface area (TPSA) is 9.23 Å². The van der Waals surface area contributed by atoms with Crippen molar-refractivity contribution in [3.63, 3.8) is 0 Å². The Morgan fingerprint density at radius 2 is 1.71 bits per heavy atom. The van der Waals surface area contributed by atoms with Gasteiger partial charge in [-0.15, -0.1) is 0 Å². The summed E-state index contributed by atoms with van der Waals surface area (Å²) >= 11 is 0. The predicted molar refractivity (Wildman–Crippen MR) is 67.2 cm³/mol. The van der Waals surface area contributed by atoms with Crippen LogP contribution in [0.15, 0.2) is 0 Å². The van der Waals surface area contributed by atoms with Crippen molar-refractivity contribution >= 4 is 8.32 Å². The number of hydrogen-bond acceptors (Lipinski definition) is 1. The maximum atomic E-state index is 6.15. The molecule has 0 heterocycles. The summed E-state index contributed by atoms with van der Waals surface area (Å²) in [5.74, 6) is 0.717. The molecule has 0 bridgehead atoms. The molecule has 0 aliphatic rings. The maximum absolute atomic E-state index is 6.15. The lowest BCUT2D eigenvalue weighted by molar-refractivity contribution is 0.230. The van der Waals surface area contributed by atoms with Crippen LogP contribution in [0.25, 0.3) is 0 Å². The summed E-state index contributed by atoms with van der Waals surface area (Å²) in [4.78, 5) is 0. The standard InChI is InChI=1S/C12H28OSi/c1-8-9-11(2)10-13-14(6,7)12(3,4)5/h11H,8-10H2,1-7H3. The fourth-order valence-corrected chi connectivity index (χ4v) is 2.28. The van der Waals surface area contributed by atoms with Crippen LogP contribution in [0.5, 0.6) is 0 Å². The van der Waals surface area contributed by atoms with E-state index in [1.54, 1.807) is 0 Å². The molecule has 0 aliphatic heterocycles. The van der Waals surface area contributed by atoms with Crippen molar-refractivity contribution in [2.24, 2.45) is 5.92 Å². The third-order valence-corrected chi connectivity index (χ3v) is 7.82. The van der Waals surface area contributed by atoms with Crippen LogP contribution in [0.4, 0.5) is 0 Å². The Morgan fingerprint density at radius 1 is 1.21 bits per heavy atom. The lowest BCUT2D eigenvalue weighted by Gasteiger charge is -2.37. The van der Waals surface area contributed by atoms with Gasteiger partial charge in [0, 0.05) is 6.61 Å². The van der Waals surface area contributed by atoms with Crippen LogP contribution in [-0.4, -0.2) is 14.9 Å². The molecule has 0 aromatic rings. The van der Waals surface area contributed by atoms with E-state index in [1.807, 2.05) is 0 Å². The van der Waals surface area contributed by atoms with Crippen LogP contribution >= 0.6 is 0 Å². The molecule has 0 aromatic carbocycles. The highest BCUT2D eigenvalue weighted by Gasteiger charge is 2.37. The zero-order valence-electron chi connectivity index (χ0n) is 11.1. The third kappa shape index (κ3) is 4.60. The Bertz CT molecular complexity index is 158. The van der Waals surface area contributed by atoms with Crippen molar-refractivity contribution in [3.05, 3.63) is 0 Å². The minimum absolute atomic E-state index is 0.346. The van der Waals surface area contributed by atoms with Gasteiger partial charge < -0.3 is 4.43 Å². The molecule has 0 spiro atoms. The Morgan fingerprint density at radius 3 is 2.07 bits per heavy atom. The first-order valence-electron chi connectivity index (χ1n) is 5.84. The Labute approximate surface area is 91.4 Å². The van der Waals surface area contributed by atoms with Gasteiger partial charge in [-0.2, -0.15) is 0 Å². The molecular formula is C12H28OSi. The minimum atomic E-state index is -1.50. The van der Waals surface area contributed by atoms with Crippen molar-refractivity contribution in [1.29, 1.82) is 0 Å². The quantitative estimate of drug-likeness (QED) is 0.617. The molecule has 0 aromatic heterocycles. The maximum Gasteiger partial charge on any atom is 0.191 e. The van der Waals surface area contributed by atoms with Crippen LogP contribution in [-0.2, 0) is 4.43 Å². The fraction of sp³-hybridized carbons (Fsp3) is 1.00. The van der Waals surface area contributed by atoms with E-state index >= 15 is 0 Å². The van der Waals surface area contributed by atoms with E-state index in [9.17, 15) is 0 Å². The summed E-state index contributed by atoms with van der Waals surface area (Å²) in [6, 6.07) is 0. The SMILES string of the molecule is CCCC(C)CO[Si](C)(C)C(C)(C)C. The van der Waals surface area contributed by atoms with Crippen LogP contribution in [0, 0.1) is 5.92 Å². The summed E-state index contributed by atoms with van der Waals surface area (Å²) in [7, 11) is -1.50. The minimum Gasteiger partial charge on any atom is -0.417 e. The molecular weight excluding hydrogens is 188 g/mol. The highest BCUT2D eigenvalue weighted by molar-refractivity contribution is 6.74. The number of hydrogen-bond donors (Lipinski definition) is 0. The molecule has 14 heavy (non-hydrogen) atoms. The zero-order valence-corrected chi connectivity index (χ0v) is 12.1. The molecule has 0 N–H and O–H groups in total. The second kappa shape index (κ2) is 5.31. The van der Waals surface area contributed by atoms with E-state index < -0.39 is 8.32 Å². The molecule has 2 heteroatoms. The van der Waals surface area contributed by atoms with Crippen molar-refractivity contribution in [1.82, 2.24) is 0 Å². The second-order valence-electron chi connectivity index (χ2n) is 5.97. The highest BCUT2D eigenvalue weighted by Crippen LogP contribution is 2.36. The van der Waals surface area contributed by atoms with Gasteiger partial charge in [-0.25, -0.2) is 0 Å². The molecule has 86 valence electrons.